The number of benzene rings is 1. The SMILES string of the molecule is CONS(=O)(=O)c1ccc(F)c(F)c1F. The Morgan fingerprint density at radius 1 is 1.20 bits per heavy atom. The molecule has 0 unspecified atom stereocenters. The Balaban J connectivity index is 3.34. The Morgan fingerprint density at radius 2 is 1.80 bits per heavy atom. The maximum atomic E-state index is 13.0. The van der Waals surface area contributed by atoms with Crippen molar-refractivity contribution >= 4 is 10.0 Å². The predicted molar refractivity (Wildman–Crippen MR) is 43.6 cm³/mol. The molecule has 0 spiro atoms. The molecule has 1 rings (SSSR count). The van der Waals surface area contributed by atoms with E-state index in [1.54, 1.807) is 0 Å². The van der Waals surface area contributed by atoms with E-state index in [1.165, 1.54) is 4.89 Å². The van der Waals surface area contributed by atoms with Crippen LogP contribution in [-0.4, -0.2) is 15.5 Å². The summed E-state index contributed by atoms with van der Waals surface area (Å²) < 4.78 is 60.4. The largest absolute Gasteiger partial charge is 0.290 e. The van der Waals surface area contributed by atoms with Gasteiger partial charge in [0.05, 0.1) is 7.11 Å². The van der Waals surface area contributed by atoms with Crippen LogP contribution in [0.2, 0.25) is 0 Å². The van der Waals surface area contributed by atoms with Crippen molar-refractivity contribution in [2.24, 2.45) is 0 Å². The summed E-state index contributed by atoms with van der Waals surface area (Å²) in [6, 6.07) is 1.09. The zero-order valence-corrected chi connectivity index (χ0v) is 8.24. The number of hydrogen-bond acceptors (Lipinski definition) is 3. The van der Waals surface area contributed by atoms with Crippen LogP contribution in [0.25, 0.3) is 0 Å². The highest BCUT2D eigenvalue weighted by molar-refractivity contribution is 7.89. The summed E-state index contributed by atoms with van der Waals surface area (Å²) in [5.74, 6) is -5.11. The summed E-state index contributed by atoms with van der Waals surface area (Å²) in [5, 5.41) is 0. The van der Waals surface area contributed by atoms with Crippen molar-refractivity contribution in [3.05, 3.63) is 29.6 Å². The summed E-state index contributed by atoms with van der Waals surface area (Å²) in [6.45, 7) is 0. The average molecular weight is 241 g/mol. The standard InChI is InChI=1S/C7H6F3NO3S/c1-14-11-15(12,13)5-3-2-4(8)6(9)7(5)10/h2-3,11H,1H3. The van der Waals surface area contributed by atoms with Gasteiger partial charge in [-0.25, -0.2) is 21.6 Å². The summed E-state index contributed by atoms with van der Waals surface area (Å²) in [7, 11) is -3.35. The number of hydrogen-bond donors (Lipinski definition) is 1. The maximum Gasteiger partial charge on any atom is 0.265 e. The zero-order chi connectivity index (χ0) is 11.6. The number of halogens is 3. The van der Waals surface area contributed by atoms with Crippen LogP contribution in [0.3, 0.4) is 0 Å². The van der Waals surface area contributed by atoms with Gasteiger partial charge in [-0.3, -0.25) is 4.84 Å². The molecule has 1 aromatic carbocycles. The molecule has 84 valence electrons. The van der Waals surface area contributed by atoms with Gasteiger partial charge in [0.25, 0.3) is 10.0 Å². The van der Waals surface area contributed by atoms with Gasteiger partial charge in [0.2, 0.25) is 0 Å². The molecule has 1 aromatic rings. The Hall–Kier alpha value is -1.12. The van der Waals surface area contributed by atoms with Gasteiger partial charge in [0.15, 0.2) is 17.5 Å². The van der Waals surface area contributed by atoms with Crippen LogP contribution in [0.5, 0.6) is 0 Å². The molecule has 15 heavy (non-hydrogen) atoms. The fourth-order valence-electron chi connectivity index (χ4n) is 0.870. The van der Waals surface area contributed by atoms with E-state index in [-0.39, 0.29) is 0 Å². The molecule has 0 atom stereocenters. The Morgan fingerprint density at radius 3 is 2.33 bits per heavy atom. The highest BCUT2D eigenvalue weighted by atomic mass is 32.2. The van der Waals surface area contributed by atoms with Crippen molar-refractivity contribution in [3.8, 4) is 0 Å². The molecule has 0 saturated carbocycles. The number of sulfonamides is 1. The van der Waals surface area contributed by atoms with Crippen molar-refractivity contribution in [2.75, 3.05) is 7.11 Å². The molecule has 0 aromatic heterocycles. The molecule has 1 N–H and O–H groups in total. The van der Waals surface area contributed by atoms with Crippen LogP contribution >= 0.6 is 0 Å². The lowest BCUT2D eigenvalue weighted by atomic mass is 10.3. The molecule has 0 amide bonds. The first-order chi connectivity index (χ1) is 6.90. The zero-order valence-electron chi connectivity index (χ0n) is 7.42. The molecule has 4 nitrogen and oxygen atoms in total. The molecule has 0 heterocycles. The van der Waals surface area contributed by atoms with E-state index in [0.29, 0.717) is 12.1 Å². The van der Waals surface area contributed by atoms with Crippen LogP contribution in [0, 0.1) is 17.5 Å². The smallest absolute Gasteiger partial charge is 0.265 e. The second-order valence-electron chi connectivity index (χ2n) is 2.46. The number of rotatable bonds is 3. The van der Waals surface area contributed by atoms with E-state index >= 15 is 0 Å². The lowest BCUT2D eigenvalue weighted by Crippen LogP contribution is -2.23. The third-order valence-electron chi connectivity index (χ3n) is 1.48. The minimum Gasteiger partial charge on any atom is -0.290 e. The normalized spacial score (nSPS) is 11.7. The summed E-state index contributed by atoms with van der Waals surface area (Å²) >= 11 is 0. The monoisotopic (exact) mass is 241 g/mol. The molecule has 0 aliphatic carbocycles. The lowest BCUT2D eigenvalue weighted by molar-refractivity contribution is 0.153. The van der Waals surface area contributed by atoms with Crippen LogP contribution < -0.4 is 4.89 Å². The van der Waals surface area contributed by atoms with Crippen LogP contribution in [0.15, 0.2) is 17.0 Å². The van der Waals surface area contributed by atoms with Crippen LogP contribution in [0.4, 0.5) is 13.2 Å². The summed E-state index contributed by atoms with van der Waals surface area (Å²) in [6.07, 6.45) is 0. The van der Waals surface area contributed by atoms with Crippen LogP contribution in [0.1, 0.15) is 0 Å². The summed E-state index contributed by atoms with van der Waals surface area (Å²) in [4.78, 5) is 4.51. The first-order valence-electron chi connectivity index (χ1n) is 3.58. The second kappa shape index (κ2) is 4.17. The molecule has 8 heteroatoms. The van der Waals surface area contributed by atoms with Crippen LogP contribution in [-0.2, 0) is 14.9 Å². The van der Waals surface area contributed by atoms with Gasteiger partial charge in [-0.15, -0.1) is 0 Å². The van der Waals surface area contributed by atoms with E-state index < -0.39 is 32.4 Å². The van der Waals surface area contributed by atoms with E-state index in [1.807, 2.05) is 0 Å². The van der Waals surface area contributed by atoms with Crippen molar-refractivity contribution in [1.29, 1.82) is 0 Å². The second-order valence-corrected chi connectivity index (χ2v) is 4.08. The molecular formula is C7H6F3NO3S. The third kappa shape index (κ3) is 2.28. The molecule has 0 aliphatic rings. The molecule has 0 aliphatic heterocycles. The topological polar surface area (TPSA) is 55.4 Å². The van der Waals surface area contributed by atoms with E-state index in [4.69, 9.17) is 0 Å². The van der Waals surface area contributed by atoms with Gasteiger partial charge in [-0.05, 0) is 12.1 Å². The fraction of sp³-hybridized carbons (Fsp3) is 0.143. The average Bonchev–Trinajstić information content (AvgIpc) is 2.13. The van der Waals surface area contributed by atoms with Crippen molar-refractivity contribution in [2.45, 2.75) is 4.90 Å². The van der Waals surface area contributed by atoms with Gasteiger partial charge < -0.3 is 0 Å². The molecule has 0 saturated heterocycles. The Bertz CT molecular complexity index is 475. The minimum absolute atomic E-state index is 0.503. The molecule has 0 bridgehead atoms. The van der Waals surface area contributed by atoms with Crippen molar-refractivity contribution < 1.29 is 26.4 Å². The van der Waals surface area contributed by atoms with Gasteiger partial charge in [0, 0.05) is 0 Å². The Kier molecular flexibility index (Phi) is 3.32. The van der Waals surface area contributed by atoms with Gasteiger partial charge in [-0.2, -0.15) is 0 Å². The number of nitrogens with one attached hydrogen (secondary N) is 1. The molecule has 0 radical (unpaired) electrons. The first-order valence-corrected chi connectivity index (χ1v) is 5.06. The van der Waals surface area contributed by atoms with Crippen molar-refractivity contribution in [1.82, 2.24) is 4.89 Å². The quantitative estimate of drug-likeness (QED) is 0.633. The highest BCUT2D eigenvalue weighted by Crippen LogP contribution is 2.19. The first kappa shape index (κ1) is 12.0. The van der Waals surface area contributed by atoms with E-state index in [9.17, 15) is 21.6 Å². The summed E-state index contributed by atoms with van der Waals surface area (Å²) in [5.41, 5.74) is 0. The van der Waals surface area contributed by atoms with Gasteiger partial charge in [0.1, 0.15) is 4.90 Å². The molecule has 0 fully saturated rings. The van der Waals surface area contributed by atoms with Gasteiger partial charge >= 0.3 is 0 Å². The van der Waals surface area contributed by atoms with Gasteiger partial charge in [-0.1, -0.05) is 4.89 Å². The third-order valence-corrected chi connectivity index (χ3v) is 2.76. The highest BCUT2D eigenvalue weighted by Gasteiger charge is 2.23. The molecular weight excluding hydrogens is 235 g/mol. The maximum absolute atomic E-state index is 13.0. The van der Waals surface area contributed by atoms with Crippen molar-refractivity contribution in [3.63, 3.8) is 0 Å². The van der Waals surface area contributed by atoms with E-state index in [2.05, 4.69) is 4.84 Å². The lowest BCUT2D eigenvalue weighted by Gasteiger charge is -2.05. The fourth-order valence-corrected chi connectivity index (χ4v) is 1.75. The Labute approximate surface area is 83.7 Å². The predicted octanol–water partition coefficient (Wildman–Crippen LogP) is 0.944. The van der Waals surface area contributed by atoms with E-state index in [0.717, 1.165) is 7.11 Å². The minimum atomic E-state index is -4.33.